The number of amides is 1. The highest BCUT2D eigenvalue weighted by Gasteiger charge is 2.21. The van der Waals surface area contributed by atoms with Crippen molar-refractivity contribution in [3.8, 4) is 0 Å². The molecular formula is C13H17FN2O. The number of aryl methyl sites for hydroxylation is 1. The van der Waals surface area contributed by atoms with E-state index in [1.807, 2.05) is 12.1 Å². The smallest absolute Gasteiger partial charge is 0.226 e. The lowest BCUT2D eigenvalue weighted by Gasteiger charge is -2.22. The van der Waals surface area contributed by atoms with Crippen LogP contribution in [-0.2, 0) is 11.2 Å². The zero-order valence-corrected chi connectivity index (χ0v) is 9.79. The number of nitrogens with two attached hydrogens (primary N) is 1. The van der Waals surface area contributed by atoms with Crippen molar-refractivity contribution in [2.24, 2.45) is 0 Å². The molecule has 0 aliphatic carbocycles. The minimum atomic E-state index is -0.395. The van der Waals surface area contributed by atoms with Crippen LogP contribution in [0.25, 0.3) is 0 Å². The number of benzene rings is 1. The lowest BCUT2D eigenvalue weighted by Crippen LogP contribution is -2.31. The number of carbonyl (C=O) groups is 1. The van der Waals surface area contributed by atoms with E-state index in [9.17, 15) is 9.18 Å². The number of nitrogens with zero attached hydrogens (tertiary/aromatic N) is 1. The van der Waals surface area contributed by atoms with Gasteiger partial charge in [0.2, 0.25) is 5.91 Å². The van der Waals surface area contributed by atoms with Gasteiger partial charge in [0.15, 0.2) is 0 Å². The summed E-state index contributed by atoms with van der Waals surface area (Å²) in [6.07, 6.45) is 2.61. The van der Waals surface area contributed by atoms with Gasteiger partial charge in [-0.3, -0.25) is 9.18 Å². The molecule has 0 radical (unpaired) electrons. The van der Waals surface area contributed by atoms with Crippen LogP contribution >= 0.6 is 0 Å². The molecule has 4 heteroatoms. The summed E-state index contributed by atoms with van der Waals surface area (Å²) >= 11 is 0. The molecule has 2 N–H and O–H groups in total. The van der Waals surface area contributed by atoms with E-state index in [0.717, 1.165) is 24.1 Å². The molecule has 1 aliphatic rings. The summed E-state index contributed by atoms with van der Waals surface area (Å²) < 4.78 is 12.3. The molecule has 0 spiro atoms. The quantitative estimate of drug-likeness (QED) is 0.818. The molecule has 1 amide bonds. The van der Waals surface area contributed by atoms with Crippen molar-refractivity contribution in [3.63, 3.8) is 0 Å². The highest BCUT2D eigenvalue weighted by atomic mass is 19.1. The summed E-state index contributed by atoms with van der Waals surface area (Å²) in [5.41, 5.74) is 8.45. The first kappa shape index (κ1) is 11.9. The minimum absolute atomic E-state index is 0.0852. The first-order valence-corrected chi connectivity index (χ1v) is 5.97. The molecular weight excluding hydrogens is 219 g/mol. The zero-order chi connectivity index (χ0) is 12.3. The van der Waals surface area contributed by atoms with Crippen LogP contribution in [0.1, 0.15) is 24.8 Å². The molecule has 92 valence electrons. The second-order valence-electron chi connectivity index (χ2n) is 4.33. The molecule has 0 aromatic heterocycles. The van der Waals surface area contributed by atoms with Crippen molar-refractivity contribution >= 4 is 17.3 Å². The van der Waals surface area contributed by atoms with E-state index < -0.39 is 6.67 Å². The van der Waals surface area contributed by atoms with Gasteiger partial charge < -0.3 is 10.6 Å². The van der Waals surface area contributed by atoms with Crippen LogP contribution in [0.2, 0.25) is 0 Å². The van der Waals surface area contributed by atoms with Gasteiger partial charge >= 0.3 is 0 Å². The summed E-state index contributed by atoms with van der Waals surface area (Å²) in [4.78, 5) is 13.6. The maximum absolute atomic E-state index is 12.3. The number of rotatable bonds is 3. The standard InChI is InChI=1S/C13H17FN2O/c14-7-2-8-16-12-6-5-11(15)9-10(12)3-1-4-13(16)17/h5-6,9H,1-4,7-8,15H2. The van der Waals surface area contributed by atoms with Gasteiger partial charge in [-0.2, -0.15) is 0 Å². The van der Waals surface area contributed by atoms with E-state index >= 15 is 0 Å². The number of halogens is 1. The van der Waals surface area contributed by atoms with Crippen molar-refractivity contribution in [1.82, 2.24) is 0 Å². The van der Waals surface area contributed by atoms with Gasteiger partial charge in [-0.05, 0) is 43.0 Å². The summed E-state index contributed by atoms with van der Waals surface area (Å²) in [5, 5.41) is 0. The molecule has 17 heavy (non-hydrogen) atoms. The van der Waals surface area contributed by atoms with Crippen molar-refractivity contribution in [1.29, 1.82) is 0 Å². The van der Waals surface area contributed by atoms with Crippen LogP contribution in [0.15, 0.2) is 18.2 Å². The Kier molecular flexibility index (Phi) is 3.61. The van der Waals surface area contributed by atoms with Crippen molar-refractivity contribution in [3.05, 3.63) is 23.8 Å². The molecule has 0 unspecified atom stereocenters. The van der Waals surface area contributed by atoms with Gasteiger partial charge in [-0.1, -0.05) is 0 Å². The van der Waals surface area contributed by atoms with Gasteiger partial charge in [0.1, 0.15) is 0 Å². The van der Waals surface area contributed by atoms with Crippen LogP contribution in [0, 0.1) is 0 Å². The highest BCUT2D eigenvalue weighted by molar-refractivity contribution is 5.95. The molecule has 2 rings (SSSR count). The number of alkyl halides is 1. The number of hydrogen-bond acceptors (Lipinski definition) is 2. The summed E-state index contributed by atoms with van der Waals surface area (Å²) in [6.45, 7) is 0.0559. The first-order valence-electron chi connectivity index (χ1n) is 5.97. The van der Waals surface area contributed by atoms with Crippen molar-refractivity contribution in [2.75, 3.05) is 23.9 Å². The Balaban J connectivity index is 2.33. The molecule has 1 heterocycles. The van der Waals surface area contributed by atoms with E-state index in [-0.39, 0.29) is 5.91 Å². The summed E-state index contributed by atoms with van der Waals surface area (Å²) in [7, 11) is 0. The SMILES string of the molecule is Nc1ccc2c(c1)CCCC(=O)N2CCCF. The molecule has 3 nitrogen and oxygen atoms in total. The van der Waals surface area contributed by atoms with Crippen LogP contribution in [0.5, 0.6) is 0 Å². The molecule has 1 aliphatic heterocycles. The Morgan fingerprint density at radius 2 is 2.18 bits per heavy atom. The Morgan fingerprint density at radius 1 is 1.35 bits per heavy atom. The number of anilines is 2. The van der Waals surface area contributed by atoms with Crippen molar-refractivity contribution < 1.29 is 9.18 Å². The van der Waals surface area contributed by atoms with Gasteiger partial charge in [-0.25, -0.2) is 0 Å². The zero-order valence-electron chi connectivity index (χ0n) is 9.79. The minimum Gasteiger partial charge on any atom is -0.399 e. The Labute approximate surface area is 100 Å². The van der Waals surface area contributed by atoms with Crippen LogP contribution < -0.4 is 10.6 Å². The van der Waals surface area contributed by atoms with E-state index in [2.05, 4.69) is 0 Å². The number of carbonyl (C=O) groups excluding carboxylic acids is 1. The Morgan fingerprint density at radius 3 is 2.94 bits per heavy atom. The molecule has 1 aromatic carbocycles. The van der Waals surface area contributed by atoms with Crippen molar-refractivity contribution in [2.45, 2.75) is 25.7 Å². The fraction of sp³-hybridized carbons (Fsp3) is 0.462. The maximum atomic E-state index is 12.3. The monoisotopic (exact) mass is 236 g/mol. The Hall–Kier alpha value is -1.58. The maximum Gasteiger partial charge on any atom is 0.226 e. The summed E-state index contributed by atoms with van der Waals surface area (Å²) in [5.74, 6) is 0.0852. The van der Waals surface area contributed by atoms with Gasteiger partial charge in [0.05, 0.1) is 6.67 Å². The van der Waals surface area contributed by atoms with Crippen LogP contribution in [-0.4, -0.2) is 19.1 Å². The third-order valence-electron chi connectivity index (χ3n) is 3.05. The molecule has 0 saturated heterocycles. The van der Waals surface area contributed by atoms with Gasteiger partial charge in [-0.15, -0.1) is 0 Å². The highest BCUT2D eigenvalue weighted by Crippen LogP contribution is 2.28. The number of hydrogen-bond donors (Lipinski definition) is 1. The van der Waals surface area contributed by atoms with Gasteiger partial charge in [0.25, 0.3) is 0 Å². The topological polar surface area (TPSA) is 46.3 Å². The molecule has 0 atom stereocenters. The normalized spacial score (nSPS) is 15.6. The van der Waals surface area contributed by atoms with E-state index in [1.54, 1.807) is 11.0 Å². The van der Waals surface area contributed by atoms with E-state index in [1.165, 1.54) is 0 Å². The fourth-order valence-corrected chi connectivity index (χ4v) is 2.23. The number of fused-ring (bicyclic) bond motifs is 1. The second kappa shape index (κ2) is 5.17. The Bertz CT molecular complexity index is 420. The molecule has 0 saturated carbocycles. The van der Waals surface area contributed by atoms with E-state index in [4.69, 9.17) is 5.73 Å². The lowest BCUT2D eigenvalue weighted by molar-refractivity contribution is -0.118. The third kappa shape index (κ3) is 2.57. The van der Waals surface area contributed by atoms with E-state index in [0.29, 0.717) is 25.1 Å². The number of nitrogen functional groups attached to an aromatic ring is 1. The second-order valence-corrected chi connectivity index (χ2v) is 4.33. The molecule has 0 bridgehead atoms. The third-order valence-corrected chi connectivity index (χ3v) is 3.05. The molecule has 1 aromatic rings. The fourth-order valence-electron chi connectivity index (χ4n) is 2.23. The molecule has 0 fully saturated rings. The van der Waals surface area contributed by atoms with Crippen LogP contribution in [0.3, 0.4) is 0 Å². The predicted molar refractivity (Wildman–Crippen MR) is 66.7 cm³/mol. The average molecular weight is 236 g/mol. The lowest BCUT2D eigenvalue weighted by atomic mass is 10.1. The largest absolute Gasteiger partial charge is 0.399 e. The predicted octanol–water partition coefficient (Wildman–Crippen LogP) is 2.30. The average Bonchev–Trinajstić information content (AvgIpc) is 2.45. The summed E-state index contributed by atoms with van der Waals surface area (Å²) in [6, 6.07) is 5.57. The first-order chi connectivity index (χ1) is 8.22. The van der Waals surface area contributed by atoms with Crippen LogP contribution in [0.4, 0.5) is 15.8 Å². The van der Waals surface area contributed by atoms with Gasteiger partial charge in [0, 0.05) is 24.3 Å².